The lowest BCUT2D eigenvalue weighted by Gasteiger charge is -2.29. The fraction of sp³-hybridized carbons (Fsp3) is 0.440. The first-order chi connectivity index (χ1) is 15.2. The highest BCUT2D eigenvalue weighted by atomic mass is 16.3. The molecule has 0 bridgehead atoms. The summed E-state index contributed by atoms with van der Waals surface area (Å²) in [7, 11) is 0. The molecule has 6 heteroatoms. The Bertz CT molecular complexity index is 986. The number of piperidine rings is 1. The molecule has 1 saturated heterocycles. The number of amides is 1. The molecule has 1 aliphatic rings. The summed E-state index contributed by atoms with van der Waals surface area (Å²) < 4.78 is 5.85. The Morgan fingerprint density at radius 2 is 2.03 bits per heavy atom. The van der Waals surface area contributed by atoms with Crippen LogP contribution >= 0.6 is 0 Å². The second kappa shape index (κ2) is 10.6. The van der Waals surface area contributed by atoms with Crippen LogP contribution in [0.1, 0.15) is 47.5 Å². The number of nitrogens with one attached hydrogen (secondary N) is 1. The second-order valence-corrected chi connectivity index (χ2v) is 8.34. The highest BCUT2D eigenvalue weighted by molar-refractivity contribution is 5.97. The lowest BCUT2D eigenvalue weighted by Crippen LogP contribution is -2.39. The normalized spacial score (nSPS) is 17.1. The fourth-order valence-electron chi connectivity index (χ4n) is 4.15. The molecule has 2 aromatic carbocycles. The summed E-state index contributed by atoms with van der Waals surface area (Å²) in [4.78, 5) is 19.3. The van der Waals surface area contributed by atoms with Crippen molar-refractivity contribution in [3.05, 3.63) is 65.5 Å². The zero-order valence-corrected chi connectivity index (χ0v) is 17.9. The van der Waals surface area contributed by atoms with Crippen LogP contribution in [0.2, 0.25) is 0 Å². The third-order valence-corrected chi connectivity index (χ3v) is 5.81. The van der Waals surface area contributed by atoms with Crippen molar-refractivity contribution in [2.45, 2.75) is 44.6 Å². The molecule has 0 spiro atoms. The van der Waals surface area contributed by atoms with E-state index >= 15 is 0 Å². The first-order valence-corrected chi connectivity index (χ1v) is 11.3. The SMILES string of the molecule is O=C(NCCCN1CCCC(O)C1)c1ccc2oc(CCCc3ccccc3)nc2c1. The second-order valence-electron chi connectivity index (χ2n) is 8.34. The summed E-state index contributed by atoms with van der Waals surface area (Å²) in [6.45, 7) is 3.28. The predicted octanol–water partition coefficient (Wildman–Crippen LogP) is 3.58. The van der Waals surface area contributed by atoms with Crippen LogP contribution in [0.4, 0.5) is 0 Å². The third-order valence-electron chi connectivity index (χ3n) is 5.81. The molecule has 1 amide bonds. The molecule has 164 valence electrons. The van der Waals surface area contributed by atoms with Gasteiger partial charge in [-0.25, -0.2) is 4.98 Å². The van der Waals surface area contributed by atoms with E-state index in [2.05, 4.69) is 39.5 Å². The van der Waals surface area contributed by atoms with Gasteiger partial charge in [0.1, 0.15) is 5.52 Å². The third kappa shape index (κ3) is 6.15. The number of aromatic nitrogens is 1. The summed E-state index contributed by atoms with van der Waals surface area (Å²) in [5.41, 5.74) is 3.36. The maximum atomic E-state index is 12.5. The monoisotopic (exact) mass is 421 g/mol. The van der Waals surface area contributed by atoms with E-state index in [-0.39, 0.29) is 12.0 Å². The zero-order valence-electron chi connectivity index (χ0n) is 17.9. The van der Waals surface area contributed by atoms with Gasteiger partial charge in [-0.3, -0.25) is 4.79 Å². The van der Waals surface area contributed by atoms with E-state index in [0.29, 0.717) is 18.0 Å². The van der Waals surface area contributed by atoms with Crippen LogP contribution in [0.15, 0.2) is 52.9 Å². The Morgan fingerprint density at radius 1 is 1.16 bits per heavy atom. The number of nitrogens with zero attached hydrogens (tertiary/aromatic N) is 2. The number of benzene rings is 2. The van der Waals surface area contributed by atoms with Crippen LogP contribution in [0.5, 0.6) is 0 Å². The van der Waals surface area contributed by atoms with Crippen LogP contribution in [-0.4, -0.2) is 53.2 Å². The number of oxazole rings is 1. The molecule has 1 unspecified atom stereocenters. The predicted molar refractivity (Wildman–Crippen MR) is 121 cm³/mol. The molecule has 4 rings (SSSR count). The Kier molecular flexibility index (Phi) is 7.33. The molecular weight excluding hydrogens is 390 g/mol. The van der Waals surface area contributed by atoms with Crippen LogP contribution in [0.25, 0.3) is 11.1 Å². The van der Waals surface area contributed by atoms with Gasteiger partial charge < -0.3 is 19.7 Å². The van der Waals surface area contributed by atoms with Gasteiger partial charge in [-0.1, -0.05) is 30.3 Å². The molecule has 1 aliphatic heterocycles. The minimum atomic E-state index is -0.208. The quantitative estimate of drug-likeness (QED) is 0.517. The highest BCUT2D eigenvalue weighted by Crippen LogP contribution is 2.19. The van der Waals surface area contributed by atoms with Gasteiger partial charge >= 0.3 is 0 Å². The van der Waals surface area contributed by atoms with E-state index in [1.54, 1.807) is 12.1 Å². The maximum Gasteiger partial charge on any atom is 0.251 e. The van der Waals surface area contributed by atoms with Gasteiger partial charge in [-0.15, -0.1) is 0 Å². The number of likely N-dealkylation sites (tertiary alicyclic amines) is 1. The van der Waals surface area contributed by atoms with Gasteiger partial charge in [-0.05, 0) is 69.0 Å². The van der Waals surface area contributed by atoms with Crippen LogP contribution < -0.4 is 5.32 Å². The van der Waals surface area contributed by atoms with Gasteiger partial charge in [0.25, 0.3) is 5.91 Å². The molecular formula is C25H31N3O3. The summed E-state index contributed by atoms with van der Waals surface area (Å²) in [5.74, 6) is 0.626. The number of carbonyl (C=O) groups is 1. The number of rotatable bonds is 9. The molecule has 0 saturated carbocycles. The lowest BCUT2D eigenvalue weighted by atomic mass is 10.1. The fourth-order valence-corrected chi connectivity index (χ4v) is 4.15. The number of fused-ring (bicyclic) bond motifs is 1. The molecule has 3 aromatic rings. The van der Waals surface area contributed by atoms with Crippen molar-refractivity contribution in [3.63, 3.8) is 0 Å². The molecule has 1 aromatic heterocycles. The van der Waals surface area contributed by atoms with Crippen molar-refractivity contribution in [2.75, 3.05) is 26.2 Å². The summed E-state index contributed by atoms with van der Waals surface area (Å²) in [5, 5.41) is 12.7. The Balaban J connectivity index is 1.24. The first-order valence-electron chi connectivity index (χ1n) is 11.3. The van der Waals surface area contributed by atoms with Crippen LogP contribution in [0.3, 0.4) is 0 Å². The summed E-state index contributed by atoms with van der Waals surface area (Å²) in [6.07, 6.45) is 5.33. The molecule has 1 atom stereocenters. The Labute approximate surface area is 183 Å². The first kappa shape index (κ1) is 21.5. The van der Waals surface area contributed by atoms with E-state index in [4.69, 9.17) is 4.42 Å². The van der Waals surface area contributed by atoms with Crippen molar-refractivity contribution in [2.24, 2.45) is 0 Å². The molecule has 1 fully saturated rings. The minimum absolute atomic E-state index is 0.0887. The van der Waals surface area contributed by atoms with E-state index in [0.717, 1.165) is 69.3 Å². The average Bonchev–Trinajstić information content (AvgIpc) is 3.19. The standard InChI is InChI=1S/C25H31N3O3/c29-21-10-5-15-28(18-21)16-6-14-26-25(30)20-12-13-23-22(17-20)27-24(31-23)11-4-9-19-7-2-1-3-8-19/h1-3,7-8,12-13,17,21,29H,4-6,9-11,14-16,18H2,(H,26,30). The Hall–Kier alpha value is -2.70. The molecule has 0 aliphatic carbocycles. The molecule has 0 radical (unpaired) electrons. The summed E-state index contributed by atoms with van der Waals surface area (Å²) in [6, 6.07) is 15.8. The highest BCUT2D eigenvalue weighted by Gasteiger charge is 2.17. The molecule has 2 heterocycles. The molecule has 2 N–H and O–H groups in total. The number of carbonyl (C=O) groups excluding carboxylic acids is 1. The van der Waals surface area contributed by atoms with Gasteiger partial charge in [-0.2, -0.15) is 0 Å². The maximum absolute atomic E-state index is 12.5. The molecule has 6 nitrogen and oxygen atoms in total. The number of β-amino-alcohol motifs (C(OH)–C–C–N with tert-alkyl or cyclic N) is 1. The lowest BCUT2D eigenvalue weighted by molar-refractivity contribution is 0.0697. The van der Waals surface area contributed by atoms with Crippen molar-refractivity contribution < 1.29 is 14.3 Å². The van der Waals surface area contributed by atoms with E-state index in [1.165, 1.54) is 5.56 Å². The van der Waals surface area contributed by atoms with Crippen molar-refractivity contribution in [1.29, 1.82) is 0 Å². The van der Waals surface area contributed by atoms with Crippen molar-refractivity contribution >= 4 is 17.0 Å². The van der Waals surface area contributed by atoms with Gasteiger partial charge in [0.2, 0.25) is 0 Å². The average molecular weight is 422 g/mol. The summed E-state index contributed by atoms with van der Waals surface area (Å²) >= 11 is 0. The number of aliphatic hydroxyl groups is 1. The van der Waals surface area contributed by atoms with E-state index in [9.17, 15) is 9.90 Å². The van der Waals surface area contributed by atoms with Crippen LogP contribution in [-0.2, 0) is 12.8 Å². The largest absolute Gasteiger partial charge is 0.441 e. The number of hydrogen-bond acceptors (Lipinski definition) is 5. The van der Waals surface area contributed by atoms with Crippen LogP contribution in [0, 0.1) is 0 Å². The minimum Gasteiger partial charge on any atom is -0.441 e. The van der Waals surface area contributed by atoms with Gasteiger partial charge in [0.05, 0.1) is 6.10 Å². The smallest absolute Gasteiger partial charge is 0.251 e. The molecule has 31 heavy (non-hydrogen) atoms. The number of aliphatic hydroxyl groups excluding tert-OH is 1. The van der Waals surface area contributed by atoms with E-state index in [1.807, 2.05) is 12.1 Å². The van der Waals surface area contributed by atoms with Gasteiger partial charge in [0, 0.05) is 25.1 Å². The van der Waals surface area contributed by atoms with Crippen molar-refractivity contribution in [1.82, 2.24) is 15.2 Å². The van der Waals surface area contributed by atoms with Crippen molar-refractivity contribution in [3.8, 4) is 0 Å². The topological polar surface area (TPSA) is 78.6 Å². The number of aryl methyl sites for hydroxylation is 2. The zero-order chi connectivity index (χ0) is 21.5. The van der Waals surface area contributed by atoms with Gasteiger partial charge in [0.15, 0.2) is 11.5 Å². The Morgan fingerprint density at radius 3 is 2.87 bits per heavy atom. The number of hydrogen-bond donors (Lipinski definition) is 2. The van der Waals surface area contributed by atoms with E-state index < -0.39 is 0 Å².